The first-order chi connectivity index (χ1) is 10.9. The fourth-order valence-corrected chi connectivity index (χ4v) is 2.17. The lowest BCUT2D eigenvalue weighted by atomic mass is 10.0. The third-order valence-electron chi connectivity index (χ3n) is 3.45. The van der Waals surface area contributed by atoms with Gasteiger partial charge in [-0.25, -0.2) is 8.78 Å². The van der Waals surface area contributed by atoms with Gasteiger partial charge in [-0.2, -0.15) is 0 Å². The molecular formula is C17H16F2N2O2. The molecule has 0 spiro atoms. The highest BCUT2D eigenvalue weighted by Crippen LogP contribution is 2.18. The molecule has 0 saturated carbocycles. The number of hydrogen-bond donors (Lipinski definition) is 2. The van der Waals surface area contributed by atoms with E-state index in [-0.39, 0.29) is 5.56 Å². The van der Waals surface area contributed by atoms with E-state index in [1.54, 1.807) is 31.2 Å². The zero-order chi connectivity index (χ0) is 17.0. The second-order valence-electron chi connectivity index (χ2n) is 5.01. The minimum Gasteiger partial charge on any atom is -0.357 e. The zero-order valence-corrected chi connectivity index (χ0v) is 12.7. The molecule has 0 aliphatic heterocycles. The van der Waals surface area contributed by atoms with Crippen molar-refractivity contribution in [3.05, 3.63) is 70.8 Å². The minimum absolute atomic E-state index is 0.158. The van der Waals surface area contributed by atoms with Crippen LogP contribution in [0.1, 0.15) is 27.5 Å². The molecule has 2 N–H and O–H groups in total. The zero-order valence-electron chi connectivity index (χ0n) is 12.7. The minimum atomic E-state index is -1.12. The lowest BCUT2D eigenvalue weighted by Gasteiger charge is -2.18. The molecule has 0 aromatic heterocycles. The van der Waals surface area contributed by atoms with Crippen LogP contribution in [0.2, 0.25) is 0 Å². The van der Waals surface area contributed by atoms with Crippen molar-refractivity contribution in [3.8, 4) is 0 Å². The Morgan fingerprint density at radius 3 is 2.35 bits per heavy atom. The smallest absolute Gasteiger partial charge is 0.252 e. The van der Waals surface area contributed by atoms with Gasteiger partial charge in [0.05, 0.1) is 0 Å². The predicted octanol–water partition coefficient (Wildman–Crippen LogP) is 2.49. The first kappa shape index (κ1) is 16.6. The Labute approximate surface area is 132 Å². The Balaban J connectivity index is 2.33. The van der Waals surface area contributed by atoms with E-state index in [1.807, 2.05) is 0 Å². The van der Waals surface area contributed by atoms with Gasteiger partial charge in [0.25, 0.3) is 5.91 Å². The van der Waals surface area contributed by atoms with Crippen LogP contribution in [0.3, 0.4) is 0 Å². The van der Waals surface area contributed by atoms with Gasteiger partial charge in [-0.3, -0.25) is 9.59 Å². The van der Waals surface area contributed by atoms with Crippen LogP contribution in [0.4, 0.5) is 8.78 Å². The van der Waals surface area contributed by atoms with Crippen LogP contribution >= 0.6 is 0 Å². The Morgan fingerprint density at radius 1 is 1.04 bits per heavy atom. The molecule has 0 bridgehead atoms. The number of amides is 2. The summed E-state index contributed by atoms with van der Waals surface area (Å²) in [6, 6.07) is 8.83. The highest BCUT2D eigenvalue weighted by atomic mass is 19.2. The molecule has 0 fully saturated rings. The maximum Gasteiger partial charge on any atom is 0.252 e. The molecule has 23 heavy (non-hydrogen) atoms. The summed E-state index contributed by atoms with van der Waals surface area (Å²) >= 11 is 0. The topological polar surface area (TPSA) is 58.2 Å². The van der Waals surface area contributed by atoms with Crippen molar-refractivity contribution in [3.63, 3.8) is 0 Å². The molecule has 4 nitrogen and oxygen atoms in total. The summed E-state index contributed by atoms with van der Waals surface area (Å²) in [5, 5.41) is 4.95. The van der Waals surface area contributed by atoms with Gasteiger partial charge in [-0.1, -0.05) is 24.3 Å². The average Bonchev–Trinajstić information content (AvgIpc) is 2.54. The van der Waals surface area contributed by atoms with Crippen LogP contribution in [0.25, 0.3) is 0 Å². The van der Waals surface area contributed by atoms with Gasteiger partial charge >= 0.3 is 0 Å². The van der Waals surface area contributed by atoms with E-state index in [1.165, 1.54) is 13.1 Å². The van der Waals surface area contributed by atoms with Crippen LogP contribution in [0.5, 0.6) is 0 Å². The third-order valence-corrected chi connectivity index (χ3v) is 3.45. The molecule has 1 atom stereocenters. The highest BCUT2D eigenvalue weighted by Gasteiger charge is 2.24. The molecule has 120 valence electrons. The van der Waals surface area contributed by atoms with E-state index in [0.29, 0.717) is 5.56 Å². The fraction of sp³-hybridized carbons (Fsp3) is 0.176. The maximum atomic E-state index is 13.4. The summed E-state index contributed by atoms with van der Waals surface area (Å²) < 4.78 is 26.5. The number of carbonyl (C=O) groups excluding carboxylic acids is 2. The van der Waals surface area contributed by atoms with Crippen LogP contribution in [0.15, 0.2) is 42.5 Å². The van der Waals surface area contributed by atoms with Crippen molar-refractivity contribution >= 4 is 11.8 Å². The second-order valence-corrected chi connectivity index (χ2v) is 5.01. The number of carbonyl (C=O) groups is 2. The van der Waals surface area contributed by atoms with Crippen LogP contribution < -0.4 is 10.6 Å². The molecule has 1 unspecified atom stereocenters. The summed E-state index contributed by atoms with van der Waals surface area (Å²) in [5.41, 5.74) is 1.31. The standard InChI is InChI=1S/C17H16F2N2O2/c1-10-5-3-4-6-12(10)16(22)21-15(17(23)20-2)11-7-8-13(18)14(19)9-11/h3-9,15H,1-2H3,(H,20,23)(H,21,22). The number of rotatable bonds is 4. The number of nitrogens with one attached hydrogen (secondary N) is 2. The first-order valence-electron chi connectivity index (χ1n) is 6.97. The van der Waals surface area contributed by atoms with E-state index >= 15 is 0 Å². The summed E-state index contributed by atoms with van der Waals surface area (Å²) in [5.74, 6) is -3.10. The largest absolute Gasteiger partial charge is 0.357 e. The van der Waals surface area contributed by atoms with Gasteiger partial charge in [-0.15, -0.1) is 0 Å². The Hall–Kier alpha value is -2.76. The summed E-state index contributed by atoms with van der Waals surface area (Å²) in [6.45, 7) is 1.77. The second kappa shape index (κ2) is 7.00. The van der Waals surface area contributed by atoms with Crippen molar-refractivity contribution in [2.24, 2.45) is 0 Å². The van der Waals surface area contributed by atoms with Crippen LogP contribution in [-0.2, 0) is 4.79 Å². The molecule has 0 aliphatic carbocycles. The van der Waals surface area contributed by atoms with Gasteiger partial charge < -0.3 is 10.6 Å². The van der Waals surface area contributed by atoms with E-state index in [4.69, 9.17) is 0 Å². The lowest BCUT2D eigenvalue weighted by Crippen LogP contribution is -2.39. The Morgan fingerprint density at radius 2 is 1.74 bits per heavy atom. The van der Waals surface area contributed by atoms with Crippen LogP contribution in [0, 0.1) is 18.6 Å². The van der Waals surface area contributed by atoms with Crippen molar-refractivity contribution in [2.45, 2.75) is 13.0 Å². The Bertz CT molecular complexity index is 747. The molecule has 0 radical (unpaired) electrons. The lowest BCUT2D eigenvalue weighted by molar-refractivity contribution is -0.122. The highest BCUT2D eigenvalue weighted by molar-refractivity contribution is 5.98. The molecule has 0 aliphatic rings. The summed E-state index contributed by atoms with van der Waals surface area (Å²) in [6.07, 6.45) is 0. The van der Waals surface area contributed by atoms with Crippen molar-refractivity contribution in [1.29, 1.82) is 0 Å². The molecule has 2 aromatic rings. The molecule has 2 rings (SSSR count). The van der Waals surface area contributed by atoms with Crippen LogP contribution in [-0.4, -0.2) is 18.9 Å². The molecular weight excluding hydrogens is 302 g/mol. The monoisotopic (exact) mass is 318 g/mol. The summed E-state index contributed by atoms with van der Waals surface area (Å²) in [7, 11) is 1.40. The van der Waals surface area contributed by atoms with Gasteiger partial charge in [0.1, 0.15) is 6.04 Å². The molecule has 0 heterocycles. The molecule has 6 heteroatoms. The quantitative estimate of drug-likeness (QED) is 0.910. The SMILES string of the molecule is CNC(=O)C(NC(=O)c1ccccc1C)c1ccc(F)c(F)c1. The van der Waals surface area contributed by atoms with E-state index < -0.39 is 29.5 Å². The Kier molecular flexibility index (Phi) is 5.05. The van der Waals surface area contributed by atoms with Gasteiger partial charge in [0.15, 0.2) is 11.6 Å². The number of aryl methyl sites for hydroxylation is 1. The molecule has 2 aromatic carbocycles. The van der Waals surface area contributed by atoms with E-state index in [9.17, 15) is 18.4 Å². The third kappa shape index (κ3) is 3.71. The molecule has 0 saturated heterocycles. The van der Waals surface area contributed by atoms with E-state index in [2.05, 4.69) is 10.6 Å². The van der Waals surface area contributed by atoms with Gasteiger partial charge in [0.2, 0.25) is 5.91 Å². The number of benzene rings is 2. The first-order valence-corrected chi connectivity index (χ1v) is 6.97. The van der Waals surface area contributed by atoms with Crippen molar-refractivity contribution in [1.82, 2.24) is 10.6 Å². The maximum absolute atomic E-state index is 13.4. The fourth-order valence-electron chi connectivity index (χ4n) is 2.17. The normalized spacial score (nSPS) is 11.7. The molecule has 2 amide bonds. The summed E-state index contributed by atoms with van der Waals surface area (Å²) in [4.78, 5) is 24.4. The van der Waals surface area contributed by atoms with E-state index in [0.717, 1.165) is 17.7 Å². The number of hydrogen-bond acceptors (Lipinski definition) is 2. The average molecular weight is 318 g/mol. The van der Waals surface area contributed by atoms with Crippen molar-refractivity contribution in [2.75, 3.05) is 7.05 Å². The van der Waals surface area contributed by atoms with Gasteiger partial charge in [-0.05, 0) is 36.2 Å². The number of halogens is 2. The predicted molar refractivity (Wildman–Crippen MR) is 81.8 cm³/mol. The number of likely N-dealkylation sites (N-methyl/N-ethyl adjacent to an activating group) is 1. The van der Waals surface area contributed by atoms with Gasteiger partial charge in [0, 0.05) is 12.6 Å². The van der Waals surface area contributed by atoms with Crippen molar-refractivity contribution < 1.29 is 18.4 Å².